The summed E-state index contributed by atoms with van der Waals surface area (Å²) < 4.78 is 5.36. The maximum absolute atomic E-state index is 9.50. The molecular weight excluding hydrogens is 421 g/mol. The maximum atomic E-state index is 9.50. The Kier molecular flexibility index (Phi) is 12.1. The third kappa shape index (κ3) is 9.99. The Balaban J connectivity index is 0.00000324. The van der Waals surface area contributed by atoms with Gasteiger partial charge >= 0.3 is 48.9 Å². The Hall–Kier alpha value is 1.55. The van der Waals surface area contributed by atoms with Gasteiger partial charge in [-0.15, -0.1) is 0 Å². The summed E-state index contributed by atoms with van der Waals surface area (Å²) in [5.41, 5.74) is -1.83. The summed E-state index contributed by atoms with van der Waals surface area (Å²) in [7, 11) is 0. The van der Waals surface area contributed by atoms with E-state index in [0.717, 1.165) is 18.4 Å². The molecule has 0 amide bonds. The van der Waals surface area contributed by atoms with Crippen LogP contribution in [-0.4, -0.2) is 53.8 Å². The van der Waals surface area contributed by atoms with E-state index in [9.17, 15) is 4.89 Å². The van der Waals surface area contributed by atoms with Crippen LogP contribution in [0.2, 0.25) is 0 Å². The van der Waals surface area contributed by atoms with Gasteiger partial charge in [0.05, 0.1) is 0 Å². The predicted octanol–water partition coefficient (Wildman–Crippen LogP) is 3.81. The van der Waals surface area contributed by atoms with Crippen molar-refractivity contribution < 1.29 is 9.42 Å². The Bertz CT molecular complexity index is 409. The van der Waals surface area contributed by atoms with Crippen molar-refractivity contribution >= 4 is 78.6 Å². The van der Waals surface area contributed by atoms with Crippen molar-refractivity contribution in [3.63, 3.8) is 0 Å². The topological polar surface area (TPSA) is 29.5 Å². The van der Waals surface area contributed by atoms with Crippen LogP contribution >= 0.6 is 17.9 Å². The van der Waals surface area contributed by atoms with E-state index in [2.05, 4.69) is 19.2 Å². The summed E-state index contributed by atoms with van der Waals surface area (Å²) in [5, 5.41) is 0. The van der Waals surface area contributed by atoms with Crippen molar-refractivity contribution in [2.75, 3.05) is 0 Å². The van der Waals surface area contributed by atoms with Gasteiger partial charge in [-0.3, -0.25) is 0 Å². The first kappa shape index (κ1) is 20.6. The molecule has 0 saturated heterocycles. The zero-order chi connectivity index (χ0) is 13.4. The van der Waals surface area contributed by atoms with E-state index in [1.54, 1.807) is 0 Å². The van der Waals surface area contributed by atoms with Crippen LogP contribution in [0, 0.1) is 0 Å². The van der Waals surface area contributed by atoms with Crippen LogP contribution in [0.15, 0.2) is 24.3 Å². The first-order valence-corrected chi connectivity index (χ1v) is 10.2. The fraction of sp³-hybridized carbons (Fsp3) is 0.538. The Morgan fingerprint density at radius 1 is 1.21 bits per heavy atom. The van der Waals surface area contributed by atoms with Gasteiger partial charge in [-0.1, -0.05) is 63.1 Å². The zero-order valence-electron chi connectivity index (χ0n) is 10.7. The summed E-state index contributed by atoms with van der Waals surface area (Å²) in [6, 6.07) is 7.73. The average molecular weight is 444 g/mol. The number of para-hydroxylation sites is 1. The van der Waals surface area contributed by atoms with Crippen molar-refractivity contribution in [2.45, 2.75) is 45.4 Å². The number of hydrogen-bond donors (Lipinski definition) is 2. The fourth-order valence-corrected chi connectivity index (χ4v) is 2.79. The van der Waals surface area contributed by atoms with E-state index in [0.29, 0.717) is 5.75 Å². The van der Waals surface area contributed by atoms with Crippen molar-refractivity contribution in [3.05, 3.63) is 29.8 Å². The first-order valence-electron chi connectivity index (χ1n) is 6.36. The molecule has 0 radical (unpaired) electrons. The molecule has 0 fully saturated rings. The van der Waals surface area contributed by atoms with E-state index in [4.69, 9.17) is 16.3 Å². The van der Waals surface area contributed by atoms with E-state index in [1.165, 1.54) is 25.7 Å². The Morgan fingerprint density at radius 3 is 2.47 bits per heavy atom. The van der Waals surface area contributed by atoms with Gasteiger partial charge < -0.3 is 9.42 Å². The van der Waals surface area contributed by atoms with Gasteiger partial charge in [0.1, 0.15) is 5.75 Å². The van der Waals surface area contributed by atoms with E-state index < -0.39 is 5.69 Å². The summed E-state index contributed by atoms with van der Waals surface area (Å²) in [4.78, 5) is 9.50. The number of rotatable bonds is 8. The molecule has 1 unspecified atom stereocenters. The molecule has 1 aromatic rings. The minimum absolute atomic E-state index is 0. The number of hydrogen-bond acceptors (Lipinski definition) is 2. The van der Waals surface area contributed by atoms with E-state index in [-0.39, 0.29) is 48.9 Å². The second-order valence-corrected chi connectivity index (χ2v) is 9.44. The van der Waals surface area contributed by atoms with E-state index in [1.807, 2.05) is 24.3 Å². The van der Waals surface area contributed by atoms with Crippen LogP contribution in [0.4, 0.5) is 0 Å². The zero-order valence-corrected chi connectivity index (χ0v) is 13.3. The summed E-state index contributed by atoms with van der Waals surface area (Å²) in [6.07, 6.45) is 7.17. The molecule has 0 aromatic heterocycles. The molecule has 0 aliphatic rings. The molecule has 19 heavy (non-hydrogen) atoms. The van der Waals surface area contributed by atoms with Gasteiger partial charge in [-0.25, -0.2) is 0 Å². The van der Waals surface area contributed by atoms with Crippen LogP contribution in [0.25, 0.3) is 0 Å². The van der Waals surface area contributed by atoms with Gasteiger partial charge in [0.15, 0.2) is 0 Å². The molecule has 0 spiro atoms. The van der Waals surface area contributed by atoms with Gasteiger partial charge in [-0.05, 0) is 36.3 Å². The second-order valence-electron chi connectivity index (χ2n) is 4.35. The molecule has 6 heteroatoms. The molecule has 0 heterocycles. The molecule has 1 N–H and O–H groups in total. The van der Waals surface area contributed by atoms with Gasteiger partial charge in [-0.2, -0.15) is 0 Å². The summed E-state index contributed by atoms with van der Waals surface area (Å²) >= 11 is 8.71. The second kappa shape index (κ2) is 11.2. The van der Waals surface area contributed by atoms with Crippen molar-refractivity contribution in [2.24, 2.45) is 0 Å². The van der Waals surface area contributed by atoms with E-state index >= 15 is 0 Å². The SMILES string of the molecule is CCCCCCCc1ccccc1OP(O)(=S)S.[BaH2]. The Morgan fingerprint density at radius 2 is 1.84 bits per heavy atom. The third-order valence-corrected chi connectivity index (χ3v) is 3.64. The molecule has 0 aliphatic heterocycles. The molecule has 0 aliphatic carbocycles. The van der Waals surface area contributed by atoms with Gasteiger partial charge in [0.25, 0.3) is 5.69 Å². The molecule has 1 aromatic carbocycles. The van der Waals surface area contributed by atoms with Crippen LogP contribution < -0.4 is 4.52 Å². The molecular formula is C13H23BaO2PS2. The minimum atomic E-state index is -2.94. The molecule has 1 atom stereocenters. The number of benzene rings is 1. The predicted molar refractivity (Wildman–Crippen MR) is 93.6 cm³/mol. The van der Waals surface area contributed by atoms with Crippen molar-refractivity contribution in [1.29, 1.82) is 0 Å². The standard InChI is InChI=1S/C13H21O2PS2.Ba.2H/c1-2-3-4-5-6-9-12-10-7-8-11-13(12)15-16(14,17)18;;;/h7-8,10-11H,2-6,9H2,1H3,(H2,14,17,18);;;. The quantitative estimate of drug-likeness (QED) is 0.277. The van der Waals surface area contributed by atoms with Crippen LogP contribution in [0.3, 0.4) is 0 Å². The molecule has 106 valence electrons. The molecule has 0 bridgehead atoms. The third-order valence-electron chi connectivity index (χ3n) is 2.74. The fourth-order valence-electron chi connectivity index (χ4n) is 1.85. The van der Waals surface area contributed by atoms with Crippen molar-refractivity contribution in [3.8, 4) is 5.75 Å². The average Bonchev–Trinajstić information content (AvgIpc) is 2.29. The first-order chi connectivity index (χ1) is 8.53. The molecule has 1 rings (SSSR count). The summed E-state index contributed by atoms with van der Waals surface area (Å²) in [6.45, 7) is 2.21. The molecule has 0 saturated carbocycles. The number of aryl methyl sites for hydroxylation is 1. The van der Waals surface area contributed by atoms with Crippen molar-refractivity contribution in [1.82, 2.24) is 0 Å². The number of unbranched alkanes of at least 4 members (excludes halogenated alkanes) is 4. The van der Waals surface area contributed by atoms with Gasteiger partial charge in [0.2, 0.25) is 0 Å². The van der Waals surface area contributed by atoms with Crippen LogP contribution in [0.1, 0.15) is 44.6 Å². The molecule has 2 nitrogen and oxygen atoms in total. The van der Waals surface area contributed by atoms with Crippen LogP contribution in [0.5, 0.6) is 5.75 Å². The monoisotopic (exact) mass is 444 g/mol. The van der Waals surface area contributed by atoms with Crippen LogP contribution in [-0.2, 0) is 18.2 Å². The number of thiol groups is 1. The normalized spacial score (nSPS) is 13.4. The Labute approximate surface area is 167 Å². The van der Waals surface area contributed by atoms with Gasteiger partial charge in [0, 0.05) is 0 Å². The summed E-state index contributed by atoms with van der Waals surface area (Å²) in [5.74, 6) is 0.675.